The van der Waals surface area contributed by atoms with Gasteiger partial charge in [-0.05, 0) is 36.3 Å². The zero-order valence-electron chi connectivity index (χ0n) is 17.7. The summed E-state index contributed by atoms with van der Waals surface area (Å²) in [6.45, 7) is 1.19. The topological polar surface area (TPSA) is 86.8 Å². The van der Waals surface area contributed by atoms with Crippen molar-refractivity contribution in [2.45, 2.75) is 13.0 Å². The average Bonchev–Trinajstić information content (AvgIpc) is 2.79. The number of aromatic nitrogens is 1. The number of rotatable bonds is 9. The third-order valence-electron chi connectivity index (χ3n) is 4.98. The third-order valence-corrected chi connectivity index (χ3v) is 5.38. The van der Waals surface area contributed by atoms with Gasteiger partial charge in [0, 0.05) is 30.1 Å². The van der Waals surface area contributed by atoms with Crippen LogP contribution >= 0.6 is 12.2 Å². The quantitative estimate of drug-likeness (QED) is 0.440. The smallest absolute Gasteiger partial charge is 0.253 e. The van der Waals surface area contributed by atoms with E-state index >= 15 is 0 Å². The van der Waals surface area contributed by atoms with Gasteiger partial charge in [0.05, 0.1) is 32.9 Å². The van der Waals surface area contributed by atoms with Crippen LogP contribution in [-0.4, -0.2) is 54.0 Å². The maximum Gasteiger partial charge on any atom is 0.253 e. The van der Waals surface area contributed by atoms with E-state index in [9.17, 15) is 9.90 Å². The summed E-state index contributed by atoms with van der Waals surface area (Å²) in [5.41, 5.74) is 2.20. The first-order valence-corrected chi connectivity index (χ1v) is 10.4. The SMILES string of the molecule is COc1cc2cc(CN(CCO)C(=S)NCCc3ccccc3)c(=O)[nH]c2cc1OC. The van der Waals surface area contributed by atoms with Crippen LogP contribution in [0.5, 0.6) is 11.5 Å². The second-order valence-electron chi connectivity index (χ2n) is 7.03. The van der Waals surface area contributed by atoms with Crippen LogP contribution in [-0.2, 0) is 13.0 Å². The van der Waals surface area contributed by atoms with Gasteiger partial charge >= 0.3 is 0 Å². The van der Waals surface area contributed by atoms with E-state index < -0.39 is 0 Å². The van der Waals surface area contributed by atoms with E-state index in [1.54, 1.807) is 25.2 Å². The summed E-state index contributed by atoms with van der Waals surface area (Å²) < 4.78 is 10.7. The molecule has 0 spiro atoms. The molecule has 7 nitrogen and oxygen atoms in total. The summed E-state index contributed by atoms with van der Waals surface area (Å²) in [5.74, 6) is 1.13. The Balaban J connectivity index is 1.75. The van der Waals surface area contributed by atoms with Crippen LogP contribution in [0.25, 0.3) is 10.9 Å². The lowest BCUT2D eigenvalue weighted by atomic mass is 10.1. The number of nitrogens with one attached hydrogen (secondary N) is 2. The fraction of sp³-hybridized carbons (Fsp3) is 0.304. The zero-order valence-corrected chi connectivity index (χ0v) is 18.5. The first kappa shape index (κ1) is 22.6. The lowest BCUT2D eigenvalue weighted by Crippen LogP contribution is -2.42. The first-order valence-electron chi connectivity index (χ1n) is 10.0. The van der Waals surface area contributed by atoms with Crippen LogP contribution < -0.4 is 20.3 Å². The lowest BCUT2D eigenvalue weighted by Gasteiger charge is -2.25. The maximum absolute atomic E-state index is 12.7. The number of aliphatic hydroxyl groups excluding tert-OH is 1. The van der Waals surface area contributed by atoms with Gasteiger partial charge < -0.3 is 29.8 Å². The standard InChI is InChI=1S/C23H27N3O4S/c1-29-20-13-17-12-18(22(28)25-19(17)14-21(20)30-2)15-26(10-11-27)23(31)24-9-8-16-6-4-3-5-7-16/h3-7,12-14,27H,8-11,15H2,1-2H3,(H,24,31)(H,25,28). The van der Waals surface area contributed by atoms with Gasteiger partial charge in [0.2, 0.25) is 0 Å². The van der Waals surface area contributed by atoms with Crippen molar-refractivity contribution in [2.24, 2.45) is 0 Å². The van der Waals surface area contributed by atoms with Crippen molar-refractivity contribution in [1.29, 1.82) is 0 Å². The summed E-state index contributed by atoms with van der Waals surface area (Å²) in [7, 11) is 3.12. The number of fused-ring (bicyclic) bond motifs is 1. The highest BCUT2D eigenvalue weighted by Gasteiger charge is 2.14. The molecule has 0 atom stereocenters. The van der Waals surface area contributed by atoms with Crippen molar-refractivity contribution in [3.05, 3.63) is 70.0 Å². The minimum atomic E-state index is -0.213. The van der Waals surface area contributed by atoms with Crippen LogP contribution in [0, 0.1) is 0 Å². The molecule has 0 saturated heterocycles. The molecular formula is C23H27N3O4S. The summed E-state index contributed by atoms with van der Waals surface area (Å²) in [5, 5.41) is 14.0. The van der Waals surface area contributed by atoms with Crippen LogP contribution in [0.4, 0.5) is 0 Å². The minimum absolute atomic E-state index is 0.0724. The summed E-state index contributed by atoms with van der Waals surface area (Å²) in [6, 6.07) is 15.5. The van der Waals surface area contributed by atoms with Gasteiger partial charge in [-0.25, -0.2) is 0 Å². The number of pyridine rings is 1. The normalized spacial score (nSPS) is 10.7. The fourth-order valence-corrected chi connectivity index (χ4v) is 3.60. The molecule has 0 aliphatic rings. The molecule has 0 aliphatic heterocycles. The number of aliphatic hydroxyl groups is 1. The molecule has 1 aromatic heterocycles. The zero-order chi connectivity index (χ0) is 22.2. The Hall–Kier alpha value is -3.10. The first-order chi connectivity index (χ1) is 15.0. The molecule has 164 valence electrons. The summed E-state index contributed by atoms with van der Waals surface area (Å²) in [6.07, 6.45) is 0.826. The van der Waals surface area contributed by atoms with E-state index in [0.29, 0.717) is 40.8 Å². The van der Waals surface area contributed by atoms with Crippen molar-refractivity contribution in [3.63, 3.8) is 0 Å². The number of aromatic amines is 1. The largest absolute Gasteiger partial charge is 0.493 e. The predicted octanol–water partition coefficient (Wildman–Crippen LogP) is 2.46. The highest BCUT2D eigenvalue weighted by Crippen LogP contribution is 2.31. The second kappa shape index (κ2) is 10.8. The number of benzene rings is 2. The number of hydrogen-bond acceptors (Lipinski definition) is 5. The molecule has 0 radical (unpaired) electrons. The van der Waals surface area contributed by atoms with E-state index in [-0.39, 0.29) is 18.7 Å². The highest BCUT2D eigenvalue weighted by atomic mass is 32.1. The van der Waals surface area contributed by atoms with E-state index in [1.165, 1.54) is 5.56 Å². The van der Waals surface area contributed by atoms with Crippen LogP contribution in [0.3, 0.4) is 0 Å². The van der Waals surface area contributed by atoms with E-state index in [2.05, 4.69) is 22.4 Å². The Bertz CT molecular complexity index is 1090. The molecule has 31 heavy (non-hydrogen) atoms. The van der Waals surface area contributed by atoms with Gasteiger partial charge in [-0.15, -0.1) is 0 Å². The van der Waals surface area contributed by atoms with E-state index in [0.717, 1.165) is 11.8 Å². The van der Waals surface area contributed by atoms with E-state index in [4.69, 9.17) is 21.7 Å². The summed E-state index contributed by atoms with van der Waals surface area (Å²) >= 11 is 5.52. The molecule has 0 bridgehead atoms. The summed E-state index contributed by atoms with van der Waals surface area (Å²) in [4.78, 5) is 17.3. The molecule has 0 unspecified atom stereocenters. The number of nitrogens with zero attached hydrogens (tertiary/aromatic N) is 1. The Kier molecular flexibility index (Phi) is 7.86. The Morgan fingerprint density at radius 2 is 1.84 bits per heavy atom. The van der Waals surface area contributed by atoms with Crippen LogP contribution in [0.2, 0.25) is 0 Å². The monoisotopic (exact) mass is 441 g/mol. The molecule has 0 saturated carbocycles. The second-order valence-corrected chi connectivity index (χ2v) is 7.42. The molecule has 0 aliphatic carbocycles. The lowest BCUT2D eigenvalue weighted by molar-refractivity contribution is 0.245. The number of thiocarbonyl (C=S) groups is 1. The van der Waals surface area contributed by atoms with Gasteiger partial charge in [-0.2, -0.15) is 0 Å². The van der Waals surface area contributed by atoms with Crippen molar-refractivity contribution in [2.75, 3.05) is 33.9 Å². The number of H-pyrrole nitrogens is 1. The van der Waals surface area contributed by atoms with Crippen molar-refractivity contribution >= 4 is 28.2 Å². The minimum Gasteiger partial charge on any atom is -0.493 e. The fourth-order valence-electron chi connectivity index (χ4n) is 3.34. The average molecular weight is 442 g/mol. The molecule has 0 amide bonds. The Morgan fingerprint density at radius 3 is 2.52 bits per heavy atom. The molecule has 3 rings (SSSR count). The predicted molar refractivity (Wildman–Crippen MR) is 126 cm³/mol. The molecule has 3 N–H and O–H groups in total. The highest BCUT2D eigenvalue weighted by molar-refractivity contribution is 7.80. The molecule has 8 heteroatoms. The van der Waals surface area contributed by atoms with Crippen molar-refractivity contribution in [3.8, 4) is 11.5 Å². The Labute approximate surface area is 186 Å². The van der Waals surface area contributed by atoms with Crippen LogP contribution in [0.1, 0.15) is 11.1 Å². The van der Waals surface area contributed by atoms with Gasteiger partial charge in [-0.3, -0.25) is 4.79 Å². The van der Waals surface area contributed by atoms with E-state index in [1.807, 2.05) is 30.3 Å². The molecular weight excluding hydrogens is 414 g/mol. The van der Waals surface area contributed by atoms with Crippen molar-refractivity contribution < 1.29 is 14.6 Å². The Morgan fingerprint density at radius 1 is 1.13 bits per heavy atom. The maximum atomic E-state index is 12.7. The number of hydrogen-bond donors (Lipinski definition) is 3. The van der Waals surface area contributed by atoms with Gasteiger partial charge in [0.1, 0.15) is 0 Å². The molecule has 3 aromatic rings. The van der Waals surface area contributed by atoms with Crippen molar-refractivity contribution in [1.82, 2.24) is 15.2 Å². The van der Waals surface area contributed by atoms with Crippen LogP contribution in [0.15, 0.2) is 53.3 Å². The third kappa shape index (κ3) is 5.74. The molecule has 2 aromatic carbocycles. The van der Waals surface area contributed by atoms with Gasteiger partial charge in [-0.1, -0.05) is 30.3 Å². The number of methoxy groups -OCH3 is 2. The molecule has 1 heterocycles. The number of ether oxygens (including phenoxy) is 2. The van der Waals surface area contributed by atoms with Gasteiger partial charge in [0.15, 0.2) is 16.6 Å². The van der Waals surface area contributed by atoms with Gasteiger partial charge in [0.25, 0.3) is 5.56 Å². The molecule has 0 fully saturated rings.